The summed E-state index contributed by atoms with van der Waals surface area (Å²) in [5, 5.41) is 7.25. The first-order valence-corrected chi connectivity index (χ1v) is 8.97. The third kappa shape index (κ3) is 4.75. The van der Waals surface area contributed by atoms with E-state index in [-0.39, 0.29) is 23.7 Å². The van der Waals surface area contributed by atoms with Crippen LogP contribution in [-0.2, 0) is 11.2 Å². The van der Waals surface area contributed by atoms with Crippen LogP contribution in [0.25, 0.3) is 0 Å². The summed E-state index contributed by atoms with van der Waals surface area (Å²) in [5.74, 6) is 0.217. The molecular weight excluding hydrogens is 343 g/mol. The molecule has 0 unspecified atom stereocenters. The molecular formula is C19H26Cl2N2O. The molecule has 132 valence electrons. The van der Waals surface area contributed by atoms with E-state index < -0.39 is 0 Å². The summed E-state index contributed by atoms with van der Waals surface area (Å²) in [4.78, 5) is 12.9. The van der Waals surface area contributed by atoms with Crippen molar-refractivity contribution in [2.24, 2.45) is 5.41 Å². The van der Waals surface area contributed by atoms with E-state index in [0.717, 1.165) is 62.2 Å². The number of halogens is 2. The van der Waals surface area contributed by atoms with Gasteiger partial charge in [0.1, 0.15) is 0 Å². The SMILES string of the molecule is Cl.O=C(NCC1=CCNCC1)C1(Cc2cccc(Cl)c2)CCCC1. The minimum Gasteiger partial charge on any atom is -0.352 e. The van der Waals surface area contributed by atoms with Crippen LogP contribution < -0.4 is 10.6 Å². The van der Waals surface area contributed by atoms with Gasteiger partial charge in [-0.15, -0.1) is 12.4 Å². The molecule has 2 N–H and O–H groups in total. The van der Waals surface area contributed by atoms with Crippen molar-refractivity contribution in [3.05, 3.63) is 46.5 Å². The van der Waals surface area contributed by atoms with Crippen LogP contribution in [0.4, 0.5) is 0 Å². The van der Waals surface area contributed by atoms with Gasteiger partial charge in [-0.25, -0.2) is 0 Å². The molecule has 0 aromatic heterocycles. The first kappa shape index (κ1) is 19.3. The highest BCUT2D eigenvalue weighted by Crippen LogP contribution is 2.41. The molecule has 1 heterocycles. The van der Waals surface area contributed by atoms with Crippen LogP contribution in [0.1, 0.15) is 37.7 Å². The van der Waals surface area contributed by atoms with Gasteiger partial charge in [0.2, 0.25) is 5.91 Å². The smallest absolute Gasteiger partial charge is 0.226 e. The van der Waals surface area contributed by atoms with Crippen LogP contribution in [0.15, 0.2) is 35.9 Å². The van der Waals surface area contributed by atoms with Crippen molar-refractivity contribution in [1.29, 1.82) is 0 Å². The summed E-state index contributed by atoms with van der Waals surface area (Å²) in [5.41, 5.74) is 2.25. The predicted octanol–water partition coefficient (Wildman–Crippen LogP) is 3.90. The van der Waals surface area contributed by atoms with Crippen LogP contribution in [0.5, 0.6) is 0 Å². The van der Waals surface area contributed by atoms with Crippen LogP contribution in [0.2, 0.25) is 5.02 Å². The first-order chi connectivity index (χ1) is 11.2. The number of carbonyl (C=O) groups excluding carboxylic acids is 1. The lowest BCUT2D eigenvalue weighted by molar-refractivity contribution is -0.130. The molecule has 1 saturated carbocycles. The minimum atomic E-state index is -0.252. The van der Waals surface area contributed by atoms with Gasteiger partial charge in [0.05, 0.1) is 5.41 Å². The Labute approximate surface area is 155 Å². The maximum Gasteiger partial charge on any atom is 0.226 e. The Morgan fingerprint density at radius 2 is 2.08 bits per heavy atom. The van der Waals surface area contributed by atoms with Crippen molar-refractivity contribution >= 4 is 29.9 Å². The summed E-state index contributed by atoms with van der Waals surface area (Å²) < 4.78 is 0. The third-order valence-electron chi connectivity index (χ3n) is 5.11. The van der Waals surface area contributed by atoms with Gasteiger partial charge in [0, 0.05) is 18.1 Å². The molecule has 0 saturated heterocycles. The second-order valence-corrected chi connectivity index (χ2v) is 7.23. The van der Waals surface area contributed by atoms with E-state index in [1.165, 1.54) is 5.57 Å². The molecule has 1 amide bonds. The summed E-state index contributed by atoms with van der Waals surface area (Å²) in [7, 11) is 0. The number of carbonyl (C=O) groups is 1. The lowest BCUT2D eigenvalue weighted by Crippen LogP contribution is -2.42. The Hall–Kier alpha value is -1.03. The van der Waals surface area contributed by atoms with Crippen molar-refractivity contribution in [2.75, 3.05) is 19.6 Å². The maximum atomic E-state index is 12.9. The molecule has 1 fully saturated rings. The van der Waals surface area contributed by atoms with E-state index in [4.69, 9.17) is 11.6 Å². The van der Waals surface area contributed by atoms with Gasteiger partial charge in [-0.1, -0.05) is 48.2 Å². The van der Waals surface area contributed by atoms with E-state index in [1.54, 1.807) is 0 Å². The van der Waals surface area contributed by atoms with Crippen molar-refractivity contribution in [2.45, 2.75) is 38.5 Å². The zero-order chi connectivity index (χ0) is 16.1. The Morgan fingerprint density at radius 1 is 1.29 bits per heavy atom. The number of hydrogen-bond donors (Lipinski definition) is 2. The number of amides is 1. The molecule has 0 radical (unpaired) electrons. The fourth-order valence-electron chi connectivity index (χ4n) is 3.79. The zero-order valence-electron chi connectivity index (χ0n) is 13.9. The summed E-state index contributed by atoms with van der Waals surface area (Å²) in [6.07, 6.45) is 8.25. The largest absolute Gasteiger partial charge is 0.352 e. The van der Waals surface area contributed by atoms with Gasteiger partial charge in [-0.2, -0.15) is 0 Å². The number of benzene rings is 1. The molecule has 1 aliphatic carbocycles. The summed E-state index contributed by atoms with van der Waals surface area (Å²) in [6.45, 7) is 2.62. The quantitative estimate of drug-likeness (QED) is 0.773. The van der Waals surface area contributed by atoms with Gasteiger partial charge < -0.3 is 10.6 Å². The molecule has 0 atom stereocenters. The van der Waals surface area contributed by atoms with Gasteiger partial charge >= 0.3 is 0 Å². The zero-order valence-corrected chi connectivity index (χ0v) is 15.5. The van der Waals surface area contributed by atoms with E-state index in [1.807, 2.05) is 18.2 Å². The highest BCUT2D eigenvalue weighted by atomic mass is 35.5. The Kier molecular flexibility index (Phi) is 7.15. The Balaban J connectivity index is 0.00000208. The molecule has 5 heteroatoms. The predicted molar refractivity (Wildman–Crippen MR) is 102 cm³/mol. The minimum absolute atomic E-state index is 0. The molecule has 3 nitrogen and oxygen atoms in total. The van der Waals surface area contributed by atoms with Crippen molar-refractivity contribution in [3.63, 3.8) is 0 Å². The molecule has 3 rings (SSSR count). The second-order valence-electron chi connectivity index (χ2n) is 6.79. The molecule has 1 aromatic carbocycles. The van der Waals surface area contributed by atoms with E-state index in [9.17, 15) is 4.79 Å². The van der Waals surface area contributed by atoms with Crippen LogP contribution >= 0.6 is 24.0 Å². The third-order valence-corrected chi connectivity index (χ3v) is 5.34. The fraction of sp³-hybridized carbons (Fsp3) is 0.526. The highest BCUT2D eigenvalue weighted by molar-refractivity contribution is 6.30. The van der Waals surface area contributed by atoms with Crippen molar-refractivity contribution < 1.29 is 4.79 Å². The van der Waals surface area contributed by atoms with Crippen molar-refractivity contribution in [1.82, 2.24) is 10.6 Å². The Morgan fingerprint density at radius 3 is 2.75 bits per heavy atom. The molecule has 1 aromatic rings. The standard InChI is InChI=1S/C19H25ClN2O.ClH/c20-17-5-3-4-16(12-17)13-19(8-1-2-9-19)18(23)22-14-15-6-10-21-11-7-15;/h3-6,12,21H,1-2,7-11,13-14H2,(H,22,23);1H. The lowest BCUT2D eigenvalue weighted by Gasteiger charge is -2.28. The maximum absolute atomic E-state index is 12.9. The van der Waals surface area contributed by atoms with E-state index >= 15 is 0 Å². The van der Waals surface area contributed by atoms with Crippen LogP contribution in [0.3, 0.4) is 0 Å². The molecule has 1 aliphatic heterocycles. The van der Waals surface area contributed by atoms with Crippen LogP contribution in [-0.4, -0.2) is 25.5 Å². The van der Waals surface area contributed by atoms with Gasteiger partial charge in [0.15, 0.2) is 0 Å². The molecule has 24 heavy (non-hydrogen) atoms. The number of rotatable bonds is 5. The molecule has 2 aliphatic rings. The molecule has 0 bridgehead atoms. The van der Waals surface area contributed by atoms with E-state index in [0.29, 0.717) is 6.54 Å². The van der Waals surface area contributed by atoms with Gasteiger partial charge in [-0.3, -0.25) is 4.79 Å². The van der Waals surface area contributed by atoms with Crippen molar-refractivity contribution in [3.8, 4) is 0 Å². The average molecular weight is 369 g/mol. The van der Waals surface area contributed by atoms with E-state index in [2.05, 4.69) is 22.8 Å². The second kappa shape index (κ2) is 8.89. The number of hydrogen-bond acceptors (Lipinski definition) is 2. The Bertz CT molecular complexity index is 595. The molecule has 0 spiro atoms. The lowest BCUT2D eigenvalue weighted by atomic mass is 9.79. The fourth-order valence-corrected chi connectivity index (χ4v) is 4.00. The van der Waals surface area contributed by atoms with Gasteiger partial charge in [-0.05, 0) is 49.9 Å². The first-order valence-electron chi connectivity index (χ1n) is 8.59. The topological polar surface area (TPSA) is 41.1 Å². The summed E-state index contributed by atoms with van der Waals surface area (Å²) >= 11 is 6.10. The average Bonchev–Trinajstić information content (AvgIpc) is 3.03. The van der Waals surface area contributed by atoms with Gasteiger partial charge in [0.25, 0.3) is 0 Å². The number of nitrogens with one attached hydrogen (secondary N) is 2. The normalized spacial score (nSPS) is 19.3. The van der Waals surface area contributed by atoms with Crippen LogP contribution in [0, 0.1) is 5.41 Å². The highest BCUT2D eigenvalue weighted by Gasteiger charge is 2.40. The monoisotopic (exact) mass is 368 g/mol. The summed E-state index contributed by atoms with van der Waals surface area (Å²) in [6, 6.07) is 7.92.